The van der Waals surface area contributed by atoms with Crippen molar-refractivity contribution in [3.63, 3.8) is 0 Å². The molecule has 11 heteroatoms. The fourth-order valence-electron chi connectivity index (χ4n) is 4.33. The van der Waals surface area contributed by atoms with Gasteiger partial charge in [0.05, 0.1) is 18.5 Å². The van der Waals surface area contributed by atoms with E-state index >= 15 is 0 Å². The highest BCUT2D eigenvalue weighted by Crippen LogP contribution is 2.31. The number of hydrogen-bond donors (Lipinski definition) is 3. The van der Waals surface area contributed by atoms with Crippen LogP contribution in [0.2, 0.25) is 0 Å². The smallest absolute Gasteiger partial charge is 0.251 e. The van der Waals surface area contributed by atoms with Gasteiger partial charge in [0.25, 0.3) is 6.43 Å². The van der Waals surface area contributed by atoms with Gasteiger partial charge in [-0.2, -0.15) is 0 Å². The van der Waals surface area contributed by atoms with E-state index in [-0.39, 0.29) is 35.4 Å². The molecule has 36 heavy (non-hydrogen) atoms. The van der Waals surface area contributed by atoms with Crippen LogP contribution in [-0.4, -0.2) is 52.1 Å². The molecular formula is C25H27F4N7. The number of nitrogens with zero attached hydrogens (tertiary/aromatic N) is 4. The van der Waals surface area contributed by atoms with Gasteiger partial charge in [0.15, 0.2) is 5.82 Å². The maximum Gasteiger partial charge on any atom is 0.251 e. The van der Waals surface area contributed by atoms with E-state index in [0.717, 1.165) is 23.5 Å². The molecule has 3 N–H and O–H groups in total. The first-order valence-corrected chi connectivity index (χ1v) is 11.6. The third-order valence-electron chi connectivity index (χ3n) is 6.01. The molecule has 0 unspecified atom stereocenters. The molecule has 0 aromatic carbocycles. The molecule has 0 bridgehead atoms. The fourth-order valence-corrected chi connectivity index (χ4v) is 4.33. The van der Waals surface area contributed by atoms with Crippen LogP contribution >= 0.6 is 0 Å². The van der Waals surface area contributed by atoms with Gasteiger partial charge in [-0.05, 0) is 29.7 Å². The van der Waals surface area contributed by atoms with Crippen molar-refractivity contribution in [1.82, 2.24) is 25.2 Å². The van der Waals surface area contributed by atoms with Gasteiger partial charge in [0, 0.05) is 49.1 Å². The second-order valence-electron chi connectivity index (χ2n) is 8.89. The van der Waals surface area contributed by atoms with Gasteiger partial charge in [0.1, 0.15) is 17.3 Å². The summed E-state index contributed by atoms with van der Waals surface area (Å²) in [5.41, 5.74) is 2.41. The largest absolute Gasteiger partial charge is 0.391 e. The van der Waals surface area contributed by atoms with E-state index in [1.165, 1.54) is 6.08 Å². The molecule has 0 amide bonds. The number of rotatable bonds is 7. The highest BCUT2D eigenvalue weighted by atomic mass is 19.3. The van der Waals surface area contributed by atoms with E-state index in [1.807, 2.05) is 19.9 Å². The normalized spacial score (nSPS) is 17.6. The molecule has 1 aliphatic heterocycles. The third kappa shape index (κ3) is 5.46. The molecule has 1 aliphatic carbocycles. The number of aromatic nitrogens is 3. The Morgan fingerprint density at radius 3 is 2.64 bits per heavy atom. The first-order valence-electron chi connectivity index (χ1n) is 11.6. The van der Waals surface area contributed by atoms with Crippen LogP contribution in [0.15, 0.2) is 47.6 Å². The van der Waals surface area contributed by atoms with Crippen LogP contribution in [0.5, 0.6) is 0 Å². The van der Waals surface area contributed by atoms with Crippen molar-refractivity contribution in [2.75, 3.05) is 25.5 Å². The Balaban J connectivity index is 1.61. The van der Waals surface area contributed by atoms with Gasteiger partial charge in [0.2, 0.25) is 5.95 Å². The predicted molar refractivity (Wildman–Crippen MR) is 130 cm³/mol. The number of fused-ring (bicyclic) bond motifs is 1. The highest BCUT2D eigenvalue weighted by molar-refractivity contribution is 6.15. The molecule has 7 nitrogen and oxygen atoms in total. The Morgan fingerprint density at radius 1 is 1.17 bits per heavy atom. The molecule has 2 aromatic rings. The van der Waals surface area contributed by atoms with E-state index in [1.54, 1.807) is 18.0 Å². The Labute approximate surface area is 206 Å². The number of nitrogens with one attached hydrogen (secondary N) is 3. The summed E-state index contributed by atoms with van der Waals surface area (Å²) in [6, 6.07) is 3.49. The van der Waals surface area contributed by atoms with Crippen molar-refractivity contribution in [2.45, 2.75) is 33.2 Å². The van der Waals surface area contributed by atoms with E-state index in [9.17, 15) is 17.6 Å². The molecule has 4 rings (SSSR count). The number of pyridine rings is 1. The minimum Gasteiger partial charge on any atom is -0.391 e. The molecule has 0 atom stereocenters. The second-order valence-corrected chi connectivity index (χ2v) is 8.89. The maximum atomic E-state index is 14.7. The minimum absolute atomic E-state index is 0.0150. The maximum absolute atomic E-state index is 14.7. The summed E-state index contributed by atoms with van der Waals surface area (Å²) in [5, 5.41) is 14.1. The summed E-state index contributed by atoms with van der Waals surface area (Å²) >= 11 is 0. The monoisotopic (exact) mass is 501 g/mol. The Bertz CT molecular complexity index is 1270. The summed E-state index contributed by atoms with van der Waals surface area (Å²) in [6.45, 7) is 4.41. The van der Waals surface area contributed by atoms with Crippen LogP contribution in [0.3, 0.4) is 0 Å². The third-order valence-corrected chi connectivity index (χ3v) is 6.01. The molecule has 0 spiro atoms. The number of anilines is 2. The standard InChI is InChI=1S/C25H27F4N7/c1-13(2)23(31-3)16-8-15(9-17(26)22(16)30)24-18(27)10-32-25(35-24)34-21-5-4-14-11-36(12-20(28)29)7-6-19(14)33-21/h4-5,8-10,13,20,30-31H,6-7,11-12H2,1-3H3,(H,32,33,34,35)/b23-16-,30-22?. The van der Waals surface area contributed by atoms with Crippen molar-refractivity contribution >= 4 is 23.1 Å². The van der Waals surface area contributed by atoms with Crippen molar-refractivity contribution in [3.05, 3.63) is 70.3 Å². The molecule has 3 heterocycles. The Hall–Kier alpha value is -3.60. The molecule has 190 valence electrons. The zero-order valence-electron chi connectivity index (χ0n) is 20.2. The van der Waals surface area contributed by atoms with Crippen LogP contribution < -0.4 is 10.6 Å². The number of alkyl halides is 2. The zero-order valence-corrected chi connectivity index (χ0v) is 20.2. The van der Waals surface area contributed by atoms with Gasteiger partial charge in [-0.1, -0.05) is 19.9 Å². The predicted octanol–water partition coefficient (Wildman–Crippen LogP) is 4.78. The molecule has 2 aromatic heterocycles. The van der Waals surface area contributed by atoms with Crippen LogP contribution in [-0.2, 0) is 13.0 Å². The Morgan fingerprint density at radius 2 is 1.94 bits per heavy atom. The number of halogens is 4. The summed E-state index contributed by atoms with van der Waals surface area (Å²) in [5.74, 6) is -1.06. The van der Waals surface area contributed by atoms with E-state index < -0.39 is 18.1 Å². The lowest BCUT2D eigenvalue weighted by Crippen LogP contribution is -2.34. The van der Waals surface area contributed by atoms with Gasteiger partial charge < -0.3 is 10.6 Å². The van der Waals surface area contributed by atoms with Crippen LogP contribution in [0.25, 0.3) is 5.57 Å². The fraction of sp³-hybridized carbons (Fsp3) is 0.360. The van der Waals surface area contributed by atoms with Gasteiger partial charge >= 0.3 is 0 Å². The molecule has 0 saturated carbocycles. The topological polar surface area (TPSA) is 89.8 Å². The van der Waals surface area contributed by atoms with Crippen molar-refractivity contribution < 1.29 is 17.6 Å². The lowest BCUT2D eigenvalue weighted by Gasteiger charge is -2.27. The summed E-state index contributed by atoms with van der Waals surface area (Å²) in [4.78, 5) is 14.5. The molecule has 0 fully saturated rings. The summed E-state index contributed by atoms with van der Waals surface area (Å²) < 4.78 is 54.8. The summed E-state index contributed by atoms with van der Waals surface area (Å²) in [6.07, 6.45) is 1.74. The van der Waals surface area contributed by atoms with Crippen molar-refractivity contribution in [2.24, 2.45) is 5.92 Å². The first kappa shape index (κ1) is 25.5. The molecule has 0 radical (unpaired) electrons. The van der Waals surface area contributed by atoms with Crippen molar-refractivity contribution in [1.29, 1.82) is 5.41 Å². The Kier molecular flexibility index (Phi) is 7.48. The van der Waals surface area contributed by atoms with Crippen LogP contribution in [0, 0.1) is 17.1 Å². The first-order chi connectivity index (χ1) is 17.2. The molecule has 2 aliphatic rings. The van der Waals surface area contributed by atoms with E-state index in [2.05, 4.69) is 25.6 Å². The van der Waals surface area contributed by atoms with Gasteiger partial charge in [-0.3, -0.25) is 10.3 Å². The SMILES string of the molecule is CN/C(=C1/C=C(c2nc(Nc3ccc4c(n3)CCN(CC(F)F)C4)ncc2F)C=C(F)C1=N)C(C)C. The van der Waals surface area contributed by atoms with Gasteiger partial charge in [-0.25, -0.2) is 32.5 Å². The summed E-state index contributed by atoms with van der Waals surface area (Å²) in [7, 11) is 1.69. The van der Waals surface area contributed by atoms with Crippen LogP contribution in [0.4, 0.5) is 29.3 Å². The highest BCUT2D eigenvalue weighted by Gasteiger charge is 2.24. The number of allylic oxidation sites excluding steroid dienone is 6. The quantitative estimate of drug-likeness (QED) is 0.474. The lowest BCUT2D eigenvalue weighted by molar-refractivity contribution is 0.0817. The average molecular weight is 502 g/mol. The van der Waals surface area contributed by atoms with Gasteiger partial charge in [-0.15, -0.1) is 0 Å². The minimum atomic E-state index is -2.39. The number of hydrogen-bond acceptors (Lipinski definition) is 7. The molecule has 0 saturated heterocycles. The average Bonchev–Trinajstić information content (AvgIpc) is 2.83. The van der Waals surface area contributed by atoms with E-state index in [4.69, 9.17) is 5.41 Å². The second kappa shape index (κ2) is 10.6. The zero-order chi connectivity index (χ0) is 26.0. The van der Waals surface area contributed by atoms with E-state index in [0.29, 0.717) is 36.6 Å². The van der Waals surface area contributed by atoms with Crippen molar-refractivity contribution in [3.8, 4) is 0 Å². The molecular weight excluding hydrogens is 474 g/mol. The van der Waals surface area contributed by atoms with Crippen LogP contribution in [0.1, 0.15) is 30.8 Å². The lowest BCUT2D eigenvalue weighted by atomic mass is 9.92.